The highest BCUT2D eigenvalue weighted by molar-refractivity contribution is 5.79. The Balaban J connectivity index is 1.82. The van der Waals surface area contributed by atoms with Crippen molar-refractivity contribution in [2.75, 3.05) is 53.9 Å². The molecule has 1 aromatic carbocycles. The third-order valence-corrected chi connectivity index (χ3v) is 5.14. The second kappa shape index (κ2) is 9.78. The van der Waals surface area contributed by atoms with E-state index in [-0.39, 0.29) is 0 Å². The van der Waals surface area contributed by atoms with Gasteiger partial charge >= 0.3 is 0 Å². The molecule has 2 rings (SSSR count). The maximum absolute atomic E-state index is 4.45. The molecule has 1 aromatic rings. The normalized spacial score (nSPS) is 18.2. The number of rotatable bonds is 6. The van der Waals surface area contributed by atoms with Crippen molar-refractivity contribution in [3.05, 3.63) is 35.4 Å². The van der Waals surface area contributed by atoms with E-state index in [1.54, 1.807) is 0 Å². The SMILES string of the molecule is CCc1ccc(CN(C)C(=NC)NCC(C)N2CCN(C)CC2)cc1. The van der Waals surface area contributed by atoms with Gasteiger partial charge in [-0.2, -0.15) is 0 Å². The lowest BCUT2D eigenvalue weighted by Gasteiger charge is -2.37. The van der Waals surface area contributed by atoms with Crippen LogP contribution in [0.5, 0.6) is 0 Å². The van der Waals surface area contributed by atoms with Crippen LogP contribution in [0.15, 0.2) is 29.3 Å². The predicted octanol–water partition coefficient (Wildman–Crippen LogP) is 1.89. The van der Waals surface area contributed by atoms with Crippen LogP contribution >= 0.6 is 0 Å². The first-order chi connectivity index (χ1) is 12.0. The Morgan fingerprint density at radius 1 is 1.16 bits per heavy atom. The van der Waals surface area contributed by atoms with Gasteiger partial charge in [0.25, 0.3) is 0 Å². The van der Waals surface area contributed by atoms with Crippen molar-refractivity contribution in [3.63, 3.8) is 0 Å². The molecule has 25 heavy (non-hydrogen) atoms. The summed E-state index contributed by atoms with van der Waals surface area (Å²) in [6, 6.07) is 9.39. The first-order valence-electron chi connectivity index (χ1n) is 9.45. The van der Waals surface area contributed by atoms with Crippen LogP contribution < -0.4 is 5.32 Å². The second-order valence-corrected chi connectivity index (χ2v) is 7.14. The molecule has 1 fully saturated rings. The molecule has 0 aromatic heterocycles. The number of aryl methyl sites for hydroxylation is 1. The molecular formula is C20H35N5. The number of piperazine rings is 1. The van der Waals surface area contributed by atoms with Crippen LogP contribution in [0.25, 0.3) is 0 Å². The molecule has 1 N–H and O–H groups in total. The summed E-state index contributed by atoms with van der Waals surface area (Å²) in [6.07, 6.45) is 1.09. The summed E-state index contributed by atoms with van der Waals surface area (Å²) in [6.45, 7) is 10.9. The Labute approximate surface area is 153 Å². The fourth-order valence-corrected chi connectivity index (χ4v) is 3.24. The van der Waals surface area contributed by atoms with Gasteiger partial charge in [-0.05, 0) is 31.5 Å². The average Bonchev–Trinajstić information content (AvgIpc) is 2.63. The fourth-order valence-electron chi connectivity index (χ4n) is 3.24. The lowest BCUT2D eigenvalue weighted by atomic mass is 10.1. The van der Waals surface area contributed by atoms with Crippen molar-refractivity contribution < 1.29 is 0 Å². The molecule has 1 aliphatic heterocycles. The van der Waals surface area contributed by atoms with Gasteiger partial charge in [0.05, 0.1) is 0 Å². The minimum atomic E-state index is 0.516. The van der Waals surface area contributed by atoms with Crippen LogP contribution in [0.2, 0.25) is 0 Å². The minimum Gasteiger partial charge on any atom is -0.355 e. The van der Waals surface area contributed by atoms with Crippen molar-refractivity contribution in [2.24, 2.45) is 4.99 Å². The highest BCUT2D eigenvalue weighted by atomic mass is 15.3. The molecule has 1 atom stereocenters. The zero-order valence-electron chi connectivity index (χ0n) is 16.6. The second-order valence-electron chi connectivity index (χ2n) is 7.14. The van der Waals surface area contributed by atoms with E-state index >= 15 is 0 Å². The molecule has 0 spiro atoms. The van der Waals surface area contributed by atoms with E-state index in [0.29, 0.717) is 6.04 Å². The maximum Gasteiger partial charge on any atom is 0.193 e. The lowest BCUT2D eigenvalue weighted by Crippen LogP contribution is -2.52. The summed E-state index contributed by atoms with van der Waals surface area (Å²) in [5, 5.41) is 3.54. The largest absolute Gasteiger partial charge is 0.355 e. The van der Waals surface area contributed by atoms with Crippen molar-refractivity contribution >= 4 is 5.96 Å². The molecule has 1 heterocycles. The molecule has 1 saturated heterocycles. The van der Waals surface area contributed by atoms with Crippen LogP contribution in [0.1, 0.15) is 25.0 Å². The summed E-state index contributed by atoms with van der Waals surface area (Å²) < 4.78 is 0. The molecule has 0 aliphatic carbocycles. The minimum absolute atomic E-state index is 0.516. The van der Waals surface area contributed by atoms with Crippen molar-refractivity contribution in [1.29, 1.82) is 0 Å². The highest BCUT2D eigenvalue weighted by Gasteiger charge is 2.19. The first-order valence-corrected chi connectivity index (χ1v) is 9.45. The molecular weight excluding hydrogens is 310 g/mol. The molecule has 0 saturated carbocycles. The number of hydrogen-bond donors (Lipinski definition) is 1. The Morgan fingerprint density at radius 2 is 1.76 bits per heavy atom. The number of likely N-dealkylation sites (N-methyl/N-ethyl adjacent to an activating group) is 1. The molecule has 5 nitrogen and oxygen atoms in total. The van der Waals surface area contributed by atoms with E-state index in [1.807, 2.05) is 7.05 Å². The third-order valence-electron chi connectivity index (χ3n) is 5.14. The van der Waals surface area contributed by atoms with Gasteiger partial charge in [0.15, 0.2) is 5.96 Å². The molecule has 5 heteroatoms. The van der Waals surface area contributed by atoms with E-state index in [0.717, 1.165) is 51.6 Å². The van der Waals surface area contributed by atoms with Crippen LogP contribution in [0.4, 0.5) is 0 Å². The van der Waals surface area contributed by atoms with Crippen LogP contribution in [-0.4, -0.2) is 80.6 Å². The van der Waals surface area contributed by atoms with Gasteiger partial charge in [0, 0.05) is 59.4 Å². The average molecular weight is 346 g/mol. The van der Waals surface area contributed by atoms with Crippen molar-refractivity contribution in [2.45, 2.75) is 32.9 Å². The Kier molecular flexibility index (Phi) is 7.72. The summed E-state index contributed by atoms with van der Waals surface area (Å²) in [5.74, 6) is 0.959. The van der Waals surface area contributed by atoms with Crippen molar-refractivity contribution in [1.82, 2.24) is 20.0 Å². The number of nitrogens with one attached hydrogen (secondary N) is 1. The topological polar surface area (TPSA) is 34.1 Å². The van der Waals surface area contributed by atoms with E-state index in [4.69, 9.17) is 0 Å². The Morgan fingerprint density at radius 3 is 2.32 bits per heavy atom. The standard InChI is InChI=1S/C20H35N5/c1-6-18-7-9-19(10-8-18)16-24(5)20(21-3)22-15-17(2)25-13-11-23(4)12-14-25/h7-10,17H,6,11-16H2,1-5H3,(H,21,22). The number of aliphatic imine (C=N–C) groups is 1. The van der Waals surface area contributed by atoms with Crippen LogP contribution in [-0.2, 0) is 13.0 Å². The van der Waals surface area contributed by atoms with Crippen LogP contribution in [0.3, 0.4) is 0 Å². The number of nitrogens with zero attached hydrogens (tertiary/aromatic N) is 4. The third kappa shape index (κ3) is 6.01. The quantitative estimate of drug-likeness (QED) is 0.631. The van der Waals surface area contributed by atoms with Gasteiger partial charge in [0.2, 0.25) is 0 Å². The highest BCUT2D eigenvalue weighted by Crippen LogP contribution is 2.08. The zero-order chi connectivity index (χ0) is 18.2. The molecule has 1 aliphatic rings. The predicted molar refractivity (Wildman–Crippen MR) is 107 cm³/mol. The smallest absolute Gasteiger partial charge is 0.193 e. The van der Waals surface area contributed by atoms with E-state index in [2.05, 4.69) is 77.2 Å². The van der Waals surface area contributed by atoms with Gasteiger partial charge in [-0.1, -0.05) is 31.2 Å². The molecule has 1 unspecified atom stereocenters. The summed E-state index contributed by atoms with van der Waals surface area (Å²) >= 11 is 0. The van der Waals surface area contributed by atoms with Gasteiger partial charge in [0.1, 0.15) is 0 Å². The van der Waals surface area contributed by atoms with Gasteiger partial charge in [-0.25, -0.2) is 0 Å². The number of benzene rings is 1. The van der Waals surface area contributed by atoms with Crippen LogP contribution in [0, 0.1) is 0 Å². The van der Waals surface area contributed by atoms with E-state index in [1.165, 1.54) is 11.1 Å². The lowest BCUT2D eigenvalue weighted by molar-refractivity contribution is 0.119. The van der Waals surface area contributed by atoms with E-state index in [9.17, 15) is 0 Å². The van der Waals surface area contributed by atoms with Gasteiger partial charge in [-0.3, -0.25) is 9.89 Å². The van der Waals surface area contributed by atoms with E-state index < -0.39 is 0 Å². The summed E-state index contributed by atoms with van der Waals surface area (Å²) in [7, 11) is 6.16. The molecule has 0 bridgehead atoms. The summed E-state index contributed by atoms with van der Waals surface area (Å²) in [5.41, 5.74) is 2.70. The first kappa shape index (κ1) is 19.7. The number of guanidine groups is 1. The summed E-state index contributed by atoms with van der Waals surface area (Å²) in [4.78, 5) is 11.6. The zero-order valence-corrected chi connectivity index (χ0v) is 16.6. The molecule has 0 amide bonds. The van der Waals surface area contributed by atoms with Gasteiger partial charge in [-0.15, -0.1) is 0 Å². The van der Waals surface area contributed by atoms with Gasteiger partial charge < -0.3 is 15.1 Å². The Bertz CT molecular complexity index is 532. The monoisotopic (exact) mass is 345 g/mol. The molecule has 0 radical (unpaired) electrons. The fraction of sp³-hybridized carbons (Fsp3) is 0.650. The number of hydrogen-bond acceptors (Lipinski definition) is 3. The Hall–Kier alpha value is -1.59. The molecule has 140 valence electrons. The van der Waals surface area contributed by atoms with Crippen molar-refractivity contribution in [3.8, 4) is 0 Å². The maximum atomic E-state index is 4.45.